The molecule has 0 saturated heterocycles. The van der Waals surface area contributed by atoms with Crippen LogP contribution in [0.1, 0.15) is 322 Å². The van der Waals surface area contributed by atoms with Crippen molar-refractivity contribution < 1.29 is 24.5 Å². The summed E-state index contributed by atoms with van der Waals surface area (Å²) in [7, 11) is 0. The lowest BCUT2D eigenvalue weighted by Gasteiger charge is -2.22. The molecule has 0 aliphatic heterocycles. The minimum Gasteiger partial charge on any atom is -0.466 e. The lowest BCUT2D eigenvalue weighted by atomic mass is 10.0. The highest BCUT2D eigenvalue weighted by molar-refractivity contribution is 5.76. The molecule has 2 unspecified atom stereocenters. The van der Waals surface area contributed by atoms with Crippen molar-refractivity contribution in [1.29, 1.82) is 0 Å². The molecule has 0 aromatic carbocycles. The molecule has 0 spiro atoms. The van der Waals surface area contributed by atoms with Crippen LogP contribution in [0.4, 0.5) is 0 Å². The first-order chi connectivity index (χ1) is 32.5. The molecule has 0 aromatic heterocycles. The molecule has 6 nitrogen and oxygen atoms in total. The highest BCUT2D eigenvalue weighted by atomic mass is 16.5. The highest BCUT2D eigenvalue weighted by Crippen LogP contribution is 2.17. The second kappa shape index (κ2) is 55.9. The fraction of sp³-hybridized carbons (Fsp3) is 0.900. The summed E-state index contributed by atoms with van der Waals surface area (Å²) >= 11 is 0. The number of hydrogen-bond acceptors (Lipinski definition) is 5. The van der Waals surface area contributed by atoms with Gasteiger partial charge >= 0.3 is 5.97 Å². The smallest absolute Gasteiger partial charge is 0.305 e. The van der Waals surface area contributed by atoms with E-state index in [9.17, 15) is 19.8 Å². The number of unbranched alkanes of at least 4 members (excludes halogenated alkanes) is 40. The predicted octanol–water partition coefficient (Wildman–Crippen LogP) is 18.2. The van der Waals surface area contributed by atoms with Gasteiger partial charge in [0.15, 0.2) is 0 Å². The van der Waals surface area contributed by atoms with E-state index in [0.29, 0.717) is 25.9 Å². The summed E-state index contributed by atoms with van der Waals surface area (Å²) in [5.41, 5.74) is 0. The Morgan fingerprint density at radius 3 is 1.17 bits per heavy atom. The zero-order valence-corrected chi connectivity index (χ0v) is 44.4. The van der Waals surface area contributed by atoms with E-state index in [2.05, 4.69) is 43.5 Å². The Labute approximate surface area is 411 Å². The maximum absolute atomic E-state index is 12.5. The number of hydrogen-bond donors (Lipinski definition) is 3. The Bertz CT molecular complexity index is 1030. The molecule has 0 aromatic rings. The molecule has 3 N–H and O–H groups in total. The molecule has 0 heterocycles. The Balaban J connectivity index is 3.41. The molecule has 0 aliphatic rings. The molecule has 2 atom stereocenters. The van der Waals surface area contributed by atoms with Gasteiger partial charge in [-0.2, -0.15) is 0 Å². The van der Waals surface area contributed by atoms with Crippen LogP contribution in [0, 0.1) is 0 Å². The first-order valence-corrected chi connectivity index (χ1v) is 29.6. The zero-order chi connectivity index (χ0) is 47.9. The number of allylic oxidation sites excluding steroid dienone is 4. The van der Waals surface area contributed by atoms with Crippen molar-refractivity contribution in [2.45, 2.75) is 334 Å². The number of amides is 1. The average Bonchev–Trinajstić information content (AvgIpc) is 3.32. The minimum absolute atomic E-state index is 0.00370. The standard InChI is InChI=1S/C60H115NO5/c1-3-5-7-9-11-13-15-17-19-20-21-26-30-34-38-42-46-50-54-60(65)66-55-51-47-43-39-35-31-27-23-22-25-29-33-37-41-45-49-53-59(64)61-57(56-62)58(63)52-48-44-40-36-32-28-24-18-16-14-12-10-8-6-4-2/h13,15,19-20,57-58,62-63H,3-12,14,16-18,21-56H2,1-2H3,(H,61,64)/b15-13-,20-19-. The van der Waals surface area contributed by atoms with E-state index in [1.54, 1.807) is 0 Å². The Morgan fingerprint density at radius 2 is 0.758 bits per heavy atom. The van der Waals surface area contributed by atoms with Crippen molar-refractivity contribution in [1.82, 2.24) is 5.32 Å². The van der Waals surface area contributed by atoms with Gasteiger partial charge in [-0.25, -0.2) is 0 Å². The van der Waals surface area contributed by atoms with Crippen LogP contribution in [0.25, 0.3) is 0 Å². The molecular formula is C60H115NO5. The van der Waals surface area contributed by atoms with Gasteiger partial charge in [-0.05, 0) is 57.8 Å². The Kier molecular flexibility index (Phi) is 54.5. The maximum atomic E-state index is 12.5. The molecule has 0 fully saturated rings. The first-order valence-electron chi connectivity index (χ1n) is 29.6. The number of aliphatic hydroxyl groups excluding tert-OH is 2. The lowest BCUT2D eigenvalue weighted by molar-refractivity contribution is -0.143. The van der Waals surface area contributed by atoms with E-state index in [-0.39, 0.29) is 18.5 Å². The van der Waals surface area contributed by atoms with Crippen LogP contribution in [-0.4, -0.2) is 47.4 Å². The van der Waals surface area contributed by atoms with Gasteiger partial charge in [0.2, 0.25) is 5.91 Å². The molecule has 0 radical (unpaired) electrons. The first kappa shape index (κ1) is 64.3. The van der Waals surface area contributed by atoms with Gasteiger partial charge in [-0.15, -0.1) is 0 Å². The molecule has 0 bridgehead atoms. The Morgan fingerprint density at radius 1 is 0.424 bits per heavy atom. The highest BCUT2D eigenvalue weighted by Gasteiger charge is 2.20. The SMILES string of the molecule is CCCCCC/C=C\C/C=C\CCCCCCCCCC(=O)OCCCCCCCCCCCCCCCCCCC(=O)NC(CO)C(O)CCCCCCCCCCCCCCCCC. The second-order valence-electron chi connectivity index (χ2n) is 20.3. The van der Waals surface area contributed by atoms with E-state index < -0.39 is 12.1 Å². The number of aliphatic hydroxyl groups is 2. The van der Waals surface area contributed by atoms with Gasteiger partial charge < -0.3 is 20.3 Å². The van der Waals surface area contributed by atoms with E-state index in [1.807, 2.05) is 0 Å². The zero-order valence-electron chi connectivity index (χ0n) is 44.4. The van der Waals surface area contributed by atoms with Crippen molar-refractivity contribution in [3.05, 3.63) is 24.3 Å². The van der Waals surface area contributed by atoms with Crippen LogP contribution >= 0.6 is 0 Å². The summed E-state index contributed by atoms with van der Waals surface area (Å²) < 4.78 is 5.48. The lowest BCUT2D eigenvalue weighted by Crippen LogP contribution is -2.45. The summed E-state index contributed by atoms with van der Waals surface area (Å²) in [6.07, 6.45) is 67.3. The van der Waals surface area contributed by atoms with Crippen LogP contribution in [0.15, 0.2) is 24.3 Å². The van der Waals surface area contributed by atoms with Crippen molar-refractivity contribution in [3.63, 3.8) is 0 Å². The van der Waals surface area contributed by atoms with Crippen molar-refractivity contribution in [3.8, 4) is 0 Å². The summed E-state index contributed by atoms with van der Waals surface area (Å²) in [5, 5.41) is 23.3. The van der Waals surface area contributed by atoms with Crippen molar-refractivity contribution in [2.24, 2.45) is 0 Å². The van der Waals surface area contributed by atoms with Crippen LogP contribution in [-0.2, 0) is 14.3 Å². The normalized spacial score (nSPS) is 12.7. The van der Waals surface area contributed by atoms with Crippen LogP contribution < -0.4 is 5.32 Å². The number of nitrogens with one attached hydrogen (secondary N) is 1. The molecule has 0 aliphatic carbocycles. The largest absolute Gasteiger partial charge is 0.466 e. The summed E-state index contributed by atoms with van der Waals surface area (Å²) in [6, 6.07) is -0.547. The quantitative estimate of drug-likeness (QED) is 0.0321. The van der Waals surface area contributed by atoms with Gasteiger partial charge in [0.1, 0.15) is 0 Å². The summed E-state index contributed by atoms with van der Waals surface area (Å²) in [4.78, 5) is 24.6. The van der Waals surface area contributed by atoms with E-state index in [4.69, 9.17) is 4.74 Å². The maximum Gasteiger partial charge on any atom is 0.305 e. The summed E-state index contributed by atoms with van der Waals surface area (Å²) in [5.74, 6) is -0.0441. The molecule has 0 rings (SSSR count). The van der Waals surface area contributed by atoms with Gasteiger partial charge in [0.25, 0.3) is 0 Å². The van der Waals surface area contributed by atoms with E-state index >= 15 is 0 Å². The van der Waals surface area contributed by atoms with Gasteiger partial charge in [0.05, 0.1) is 25.4 Å². The third-order valence-electron chi connectivity index (χ3n) is 13.8. The molecule has 66 heavy (non-hydrogen) atoms. The third kappa shape index (κ3) is 51.7. The topological polar surface area (TPSA) is 95.9 Å². The number of carbonyl (C=O) groups excluding carboxylic acids is 2. The van der Waals surface area contributed by atoms with Crippen LogP contribution in [0.3, 0.4) is 0 Å². The van der Waals surface area contributed by atoms with Gasteiger partial charge in [-0.1, -0.05) is 276 Å². The minimum atomic E-state index is -0.669. The number of rotatable bonds is 55. The average molecular weight is 931 g/mol. The fourth-order valence-electron chi connectivity index (χ4n) is 9.20. The number of carbonyl (C=O) groups is 2. The number of ether oxygens (including phenoxy) is 1. The fourth-order valence-corrected chi connectivity index (χ4v) is 9.20. The van der Waals surface area contributed by atoms with E-state index in [0.717, 1.165) is 51.4 Å². The van der Waals surface area contributed by atoms with Gasteiger partial charge in [0, 0.05) is 12.8 Å². The van der Waals surface area contributed by atoms with Gasteiger partial charge in [-0.3, -0.25) is 9.59 Å². The second-order valence-corrected chi connectivity index (χ2v) is 20.3. The number of esters is 1. The van der Waals surface area contributed by atoms with Crippen molar-refractivity contribution >= 4 is 11.9 Å². The molecule has 0 saturated carbocycles. The van der Waals surface area contributed by atoms with Crippen LogP contribution in [0.2, 0.25) is 0 Å². The Hall–Kier alpha value is -1.66. The van der Waals surface area contributed by atoms with Crippen molar-refractivity contribution in [2.75, 3.05) is 13.2 Å². The molecule has 1 amide bonds. The predicted molar refractivity (Wildman–Crippen MR) is 287 cm³/mol. The van der Waals surface area contributed by atoms with Crippen LogP contribution in [0.5, 0.6) is 0 Å². The summed E-state index contributed by atoms with van der Waals surface area (Å²) in [6.45, 7) is 4.93. The molecular weight excluding hydrogens is 815 g/mol. The van der Waals surface area contributed by atoms with E-state index in [1.165, 1.54) is 238 Å². The molecule has 6 heteroatoms. The molecule has 390 valence electrons. The third-order valence-corrected chi connectivity index (χ3v) is 13.8. The monoisotopic (exact) mass is 930 g/mol.